The van der Waals surface area contributed by atoms with Crippen LogP contribution in [0, 0.1) is 0 Å². The number of pyridine rings is 1. The normalized spacial score (nSPS) is 11.2. The van der Waals surface area contributed by atoms with Gasteiger partial charge in [0.1, 0.15) is 5.65 Å². The number of nitrogens with zero attached hydrogens (tertiary/aromatic N) is 1. The van der Waals surface area contributed by atoms with E-state index in [9.17, 15) is 4.79 Å². The van der Waals surface area contributed by atoms with E-state index in [4.69, 9.17) is 16.3 Å². The number of carbonyl (C=O) groups is 1. The Balaban J connectivity index is 2.30. The summed E-state index contributed by atoms with van der Waals surface area (Å²) < 4.78 is 4.78. The van der Waals surface area contributed by atoms with E-state index in [1.54, 1.807) is 25.4 Å². The van der Waals surface area contributed by atoms with E-state index in [0.717, 1.165) is 11.0 Å². The lowest BCUT2D eigenvalue weighted by atomic mass is 10.2. The Morgan fingerprint density at radius 3 is 3.24 bits per heavy atom. The highest BCUT2D eigenvalue weighted by molar-refractivity contribution is 6.36. The molecule has 1 N–H and O–H groups in total. The maximum Gasteiger partial charge on any atom is 0.330 e. The number of halogens is 1. The largest absolute Gasteiger partial charge is 0.463 e. The van der Waals surface area contributed by atoms with Gasteiger partial charge < -0.3 is 9.72 Å². The second-order valence-electron chi connectivity index (χ2n) is 3.35. The van der Waals surface area contributed by atoms with Gasteiger partial charge >= 0.3 is 5.97 Å². The highest BCUT2D eigenvalue weighted by Gasteiger charge is 2.05. The summed E-state index contributed by atoms with van der Waals surface area (Å²) in [6.45, 7) is 2.11. The van der Waals surface area contributed by atoms with Crippen molar-refractivity contribution >= 4 is 34.7 Å². The van der Waals surface area contributed by atoms with Gasteiger partial charge in [0.05, 0.1) is 11.6 Å². The average Bonchev–Trinajstić information content (AvgIpc) is 2.77. The highest BCUT2D eigenvalue weighted by atomic mass is 35.5. The van der Waals surface area contributed by atoms with E-state index in [0.29, 0.717) is 17.2 Å². The molecule has 0 bridgehead atoms. The highest BCUT2D eigenvalue weighted by Crippen LogP contribution is 2.25. The van der Waals surface area contributed by atoms with Crippen LogP contribution in [-0.2, 0) is 9.53 Å². The van der Waals surface area contributed by atoms with E-state index < -0.39 is 5.97 Å². The number of carbonyl (C=O) groups excluding carboxylic acids is 1. The molecule has 0 fully saturated rings. The van der Waals surface area contributed by atoms with Crippen LogP contribution < -0.4 is 0 Å². The summed E-state index contributed by atoms with van der Waals surface area (Å²) in [5.41, 5.74) is 1.41. The van der Waals surface area contributed by atoms with Crippen LogP contribution in [-0.4, -0.2) is 22.5 Å². The van der Waals surface area contributed by atoms with Gasteiger partial charge in [-0.3, -0.25) is 0 Å². The van der Waals surface area contributed by atoms with Crippen molar-refractivity contribution in [2.24, 2.45) is 0 Å². The van der Waals surface area contributed by atoms with Crippen LogP contribution in [0.5, 0.6) is 0 Å². The smallest absolute Gasteiger partial charge is 0.330 e. The lowest BCUT2D eigenvalue weighted by Gasteiger charge is -1.99. The third kappa shape index (κ3) is 2.47. The fourth-order valence-corrected chi connectivity index (χ4v) is 1.72. The molecule has 2 aromatic heterocycles. The molecule has 0 aliphatic rings. The molecule has 0 unspecified atom stereocenters. The Bertz CT molecular complexity index is 575. The number of aromatic nitrogens is 2. The summed E-state index contributed by atoms with van der Waals surface area (Å²) in [7, 11) is 0. The quantitative estimate of drug-likeness (QED) is 0.673. The number of rotatable bonds is 3. The topological polar surface area (TPSA) is 55.0 Å². The molecule has 88 valence electrons. The van der Waals surface area contributed by atoms with Gasteiger partial charge in [0.15, 0.2) is 0 Å². The predicted molar refractivity (Wildman–Crippen MR) is 66.8 cm³/mol. The molecule has 2 heterocycles. The number of fused-ring (bicyclic) bond motifs is 1. The van der Waals surface area contributed by atoms with E-state index in [1.165, 1.54) is 6.08 Å². The van der Waals surface area contributed by atoms with Gasteiger partial charge in [0.25, 0.3) is 0 Å². The maximum atomic E-state index is 11.2. The Labute approximate surface area is 103 Å². The molecule has 0 aliphatic heterocycles. The lowest BCUT2D eigenvalue weighted by molar-refractivity contribution is -0.137. The van der Waals surface area contributed by atoms with Crippen molar-refractivity contribution in [3.63, 3.8) is 0 Å². The number of hydrogen-bond acceptors (Lipinski definition) is 3. The minimum atomic E-state index is -0.391. The second-order valence-corrected chi connectivity index (χ2v) is 3.73. The summed E-state index contributed by atoms with van der Waals surface area (Å²) >= 11 is 6.18. The number of esters is 1. The first kappa shape index (κ1) is 11.7. The molecule has 0 amide bonds. The van der Waals surface area contributed by atoms with E-state index in [2.05, 4.69) is 9.97 Å². The first-order chi connectivity index (χ1) is 8.22. The zero-order valence-corrected chi connectivity index (χ0v) is 9.99. The maximum absolute atomic E-state index is 11.2. The molecular weight excluding hydrogens is 240 g/mol. The molecular formula is C12H11ClN2O2. The monoisotopic (exact) mass is 250 g/mol. The lowest BCUT2D eigenvalue weighted by Crippen LogP contribution is -1.98. The molecule has 0 spiro atoms. The van der Waals surface area contributed by atoms with E-state index in [1.807, 2.05) is 6.07 Å². The Hall–Kier alpha value is -1.81. The van der Waals surface area contributed by atoms with Crippen molar-refractivity contribution in [3.8, 4) is 0 Å². The minimum absolute atomic E-state index is 0.353. The van der Waals surface area contributed by atoms with Crippen LogP contribution in [0.25, 0.3) is 17.1 Å². The summed E-state index contributed by atoms with van der Waals surface area (Å²) in [6, 6.07) is 1.84. The predicted octanol–water partition coefficient (Wildman–Crippen LogP) is 2.79. The van der Waals surface area contributed by atoms with Crippen molar-refractivity contribution in [1.82, 2.24) is 9.97 Å². The third-order valence-corrected chi connectivity index (χ3v) is 2.66. The second kappa shape index (κ2) is 5.01. The number of hydrogen-bond donors (Lipinski definition) is 1. The van der Waals surface area contributed by atoms with Crippen molar-refractivity contribution in [1.29, 1.82) is 0 Å². The Morgan fingerprint density at radius 2 is 2.47 bits per heavy atom. The van der Waals surface area contributed by atoms with Gasteiger partial charge in [-0.05, 0) is 19.1 Å². The fourth-order valence-electron chi connectivity index (χ4n) is 1.46. The van der Waals surface area contributed by atoms with Crippen molar-refractivity contribution in [2.75, 3.05) is 6.61 Å². The molecule has 0 aliphatic carbocycles. The molecule has 0 saturated carbocycles. The summed E-state index contributed by atoms with van der Waals surface area (Å²) in [5.74, 6) is -0.391. The Morgan fingerprint density at radius 1 is 1.65 bits per heavy atom. The zero-order valence-electron chi connectivity index (χ0n) is 9.24. The summed E-state index contributed by atoms with van der Waals surface area (Å²) in [6.07, 6.45) is 6.31. The van der Waals surface area contributed by atoms with Gasteiger partial charge in [0, 0.05) is 29.4 Å². The third-order valence-electron chi connectivity index (χ3n) is 2.23. The van der Waals surface area contributed by atoms with E-state index in [-0.39, 0.29) is 0 Å². The van der Waals surface area contributed by atoms with Gasteiger partial charge in [0.2, 0.25) is 0 Å². The number of ether oxygens (including phenoxy) is 1. The standard InChI is InChI=1S/C12H11ClN2O2/c1-2-17-10(16)4-3-8-7-15-12-9(11(8)13)5-6-14-12/h3-7H,2H2,1H3,(H,14,15)/b4-3+. The zero-order chi connectivity index (χ0) is 12.3. The van der Waals surface area contributed by atoms with Crippen LogP contribution in [0.15, 0.2) is 24.5 Å². The molecule has 4 nitrogen and oxygen atoms in total. The molecule has 2 rings (SSSR count). The Kier molecular flexibility index (Phi) is 3.44. The van der Waals surface area contributed by atoms with E-state index >= 15 is 0 Å². The van der Waals surface area contributed by atoms with Crippen LogP contribution >= 0.6 is 11.6 Å². The van der Waals surface area contributed by atoms with Crippen LogP contribution in [0.2, 0.25) is 5.02 Å². The first-order valence-electron chi connectivity index (χ1n) is 5.18. The van der Waals surface area contributed by atoms with Gasteiger partial charge in [-0.1, -0.05) is 11.6 Å². The van der Waals surface area contributed by atoms with Crippen molar-refractivity contribution in [2.45, 2.75) is 6.92 Å². The van der Waals surface area contributed by atoms with Gasteiger partial charge in [-0.25, -0.2) is 9.78 Å². The minimum Gasteiger partial charge on any atom is -0.463 e. The molecule has 2 aromatic rings. The SMILES string of the molecule is CCOC(=O)/C=C/c1cnc2[nH]ccc2c1Cl. The van der Waals surface area contributed by atoms with Crippen LogP contribution in [0.1, 0.15) is 12.5 Å². The number of nitrogens with one attached hydrogen (secondary N) is 1. The molecule has 0 radical (unpaired) electrons. The first-order valence-corrected chi connectivity index (χ1v) is 5.56. The van der Waals surface area contributed by atoms with Gasteiger partial charge in [-0.15, -0.1) is 0 Å². The van der Waals surface area contributed by atoms with Crippen molar-refractivity contribution < 1.29 is 9.53 Å². The van der Waals surface area contributed by atoms with Crippen molar-refractivity contribution in [3.05, 3.63) is 35.1 Å². The number of aromatic amines is 1. The molecule has 0 aromatic carbocycles. The molecule has 0 atom stereocenters. The molecule has 5 heteroatoms. The fraction of sp³-hybridized carbons (Fsp3) is 0.167. The summed E-state index contributed by atoms with van der Waals surface area (Å²) in [5, 5.41) is 1.40. The van der Waals surface area contributed by atoms with Crippen LogP contribution in [0.3, 0.4) is 0 Å². The summed E-state index contributed by atoms with van der Waals surface area (Å²) in [4.78, 5) is 18.3. The molecule has 17 heavy (non-hydrogen) atoms. The van der Waals surface area contributed by atoms with Gasteiger partial charge in [-0.2, -0.15) is 0 Å². The average molecular weight is 251 g/mol. The number of H-pyrrole nitrogens is 1. The van der Waals surface area contributed by atoms with Crippen LogP contribution in [0.4, 0.5) is 0 Å². The molecule has 0 saturated heterocycles.